The van der Waals surface area contributed by atoms with Crippen molar-refractivity contribution in [2.75, 3.05) is 16.6 Å². The number of alkyl halides is 3. The van der Waals surface area contributed by atoms with Gasteiger partial charge < -0.3 is 14.8 Å². The van der Waals surface area contributed by atoms with Crippen molar-refractivity contribution in [1.29, 1.82) is 0 Å². The smallest absolute Gasteiger partial charge is 0.494 e. The van der Waals surface area contributed by atoms with E-state index in [1.165, 1.54) is 42.6 Å². The topological polar surface area (TPSA) is 107 Å². The van der Waals surface area contributed by atoms with E-state index in [1.54, 1.807) is 5.38 Å². The van der Waals surface area contributed by atoms with Crippen molar-refractivity contribution >= 4 is 38.1 Å². The highest BCUT2D eigenvalue weighted by Gasteiger charge is 2.31. The summed E-state index contributed by atoms with van der Waals surface area (Å²) >= 11 is 1.15. The fourth-order valence-electron chi connectivity index (χ4n) is 2.55. The fourth-order valence-corrected chi connectivity index (χ4v) is 4.34. The number of aromatic nitrogens is 1. The number of anilines is 2. The molecule has 0 spiro atoms. The second-order valence-electron chi connectivity index (χ2n) is 6.49. The van der Waals surface area contributed by atoms with Crippen molar-refractivity contribution in [3.05, 3.63) is 60.1 Å². The number of halogens is 3. The predicted molar refractivity (Wildman–Crippen MR) is 116 cm³/mol. The minimum absolute atomic E-state index is 0.0238. The summed E-state index contributed by atoms with van der Waals surface area (Å²) in [5.74, 6) is -0.316. The molecule has 2 N–H and O–H groups in total. The van der Waals surface area contributed by atoms with Gasteiger partial charge in [-0.15, -0.1) is 24.5 Å². The van der Waals surface area contributed by atoms with E-state index in [4.69, 9.17) is 4.74 Å². The van der Waals surface area contributed by atoms with Crippen molar-refractivity contribution in [3.63, 3.8) is 0 Å². The van der Waals surface area contributed by atoms with Gasteiger partial charge in [0.25, 0.3) is 10.0 Å². The van der Waals surface area contributed by atoms with Gasteiger partial charge in [0, 0.05) is 23.7 Å². The lowest BCUT2D eigenvalue weighted by atomic mass is 10.2. The van der Waals surface area contributed by atoms with Gasteiger partial charge >= 0.3 is 6.36 Å². The van der Waals surface area contributed by atoms with Crippen molar-refractivity contribution in [1.82, 2.24) is 4.98 Å². The molecule has 1 aromatic heterocycles. The first-order valence-electron chi connectivity index (χ1n) is 9.41. The summed E-state index contributed by atoms with van der Waals surface area (Å²) in [5, 5.41) is 4.54. The maximum absolute atomic E-state index is 12.3. The highest BCUT2D eigenvalue weighted by molar-refractivity contribution is 7.93. The van der Waals surface area contributed by atoms with E-state index in [2.05, 4.69) is 19.8 Å². The van der Waals surface area contributed by atoms with Gasteiger partial charge in [-0.2, -0.15) is 0 Å². The van der Waals surface area contributed by atoms with Gasteiger partial charge in [-0.05, 0) is 55.0 Å². The quantitative estimate of drug-likeness (QED) is 0.392. The van der Waals surface area contributed by atoms with Crippen LogP contribution in [0.3, 0.4) is 0 Å². The molecule has 1 heterocycles. The van der Waals surface area contributed by atoms with E-state index in [0.717, 1.165) is 23.5 Å². The third-order valence-corrected chi connectivity index (χ3v) is 6.15. The molecular formula is C20H18F3N3O5S2. The van der Waals surface area contributed by atoms with Crippen LogP contribution >= 0.6 is 11.3 Å². The number of hydrogen-bond acceptors (Lipinski definition) is 7. The summed E-state index contributed by atoms with van der Waals surface area (Å²) in [7, 11) is -3.78. The molecule has 1 amide bonds. The number of carbonyl (C=O) groups excluding carboxylic acids is 1. The summed E-state index contributed by atoms with van der Waals surface area (Å²) in [4.78, 5) is 16.0. The third-order valence-electron chi connectivity index (χ3n) is 3.98. The maximum atomic E-state index is 12.3. The molecule has 0 fully saturated rings. The zero-order valence-corrected chi connectivity index (χ0v) is 18.5. The van der Waals surface area contributed by atoms with Gasteiger partial charge in [-0.3, -0.25) is 9.52 Å². The summed E-state index contributed by atoms with van der Waals surface area (Å²) in [6.45, 7) is 0.173. The van der Waals surface area contributed by atoms with Crippen LogP contribution in [-0.4, -0.2) is 32.3 Å². The summed E-state index contributed by atoms with van der Waals surface area (Å²) in [6, 6.07) is 10.6. The van der Waals surface area contributed by atoms with E-state index in [1.807, 2.05) is 0 Å². The number of amides is 1. The van der Waals surface area contributed by atoms with E-state index < -0.39 is 16.4 Å². The molecule has 0 aliphatic heterocycles. The maximum Gasteiger partial charge on any atom is 0.573 e. The average Bonchev–Trinajstić information content (AvgIpc) is 3.24. The Morgan fingerprint density at radius 3 is 2.30 bits per heavy atom. The minimum Gasteiger partial charge on any atom is -0.494 e. The lowest BCUT2D eigenvalue weighted by Crippen LogP contribution is -2.17. The molecule has 13 heteroatoms. The number of rotatable bonds is 10. The molecule has 0 saturated heterocycles. The number of sulfonamides is 1. The average molecular weight is 502 g/mol. The molecule has 3 rings (SSSR count). The largest absolute Gasteiger partial charge is 0.573 e. The first-order chi connectivity index (χ1) is 15.6. The fraction of sp³-hybridized carbons (Fsp3) is 0.200. The van der Waals surface area contributed by atoms with E-state index in [0.29, 0.717) is 17.9 Å². The molecule has 0 aliphatic rings. The standard InChI is InChI=1S/C20H18F3N3O5S2/c21-20(22,23)31-16-7-5-15(6-8-16)30-12-1-2-18(27)25-14-3-9-17(10-4-14)33(28,29)26-19-24-11-13-32-19/h3-11,13H,1-2,12H2,(H,24,26)(H,25,27). The number of carbonyl (C=O) groups is 1. The zero-order chi connectivity index (χ0) is 23.9. The Morgan fingerprint density at radius 1 is 1.03 bits per heavy atom. The number of thiazole rings is 1. The second-order valence-corrected chi connectivity index (χ2v) is 9.06. The normalized spacial score (nSPS) is 11.6. The molecule has 3 aromatic rings. The molecule has 8 nitrogen and oxygen atoms in total. The van der Waals surface area contributed by atoms with Crippen LogP contribution in [0.1, 0.15) is 12.8 Å². The van der Waals surface area contributed by atoms with Gasteiger partial charge in [-0.25, -0.2) is 13.4 Å². The Labute approximate surface area is 191 Å². The van der Waals surface area contributed by atoms with Gasteiger partial charge in [0.15, 0.2) is 5.13 Å². The Hall–Kier alpha value is -3.32. The van der Waals surface area contributed by atoms with Crippen molar-refractivity contribution in [3.8, 4) is 11.5 Å². The van der Waals surface area contributed by atoms with Crippen LogP contribution in [0.15, 0.2) is 65.0 Å². The third kappa shape index (κ3) is 7.95. The Kier molecular flexibility index (Phi) is 7.76. The number of nitrogens with one attached hydrogen (secondary N) is 2. The molecule has 0 aliphatic carbocycles. The molecule has 0 unspecified atom stereocenters. The van der Waals surface area contributed by atoms with Crippen LogP contribution < -0.4 is 19.5 Å². The van der Waals surface area contributed by atoms with Crippen LogP contribution in [0.25, 0.3) is 0 Å². The number of ether oxygens (including phenoxy) is 2. The van der Waals surface area contributed by atoms with Crippen molar-refractivity contribution < 1.29 is 35.9 Å². The van der Waals surface area contributed by atoms with Gasteiger partial charge in [0.1, 0.15) is 11.5 Å². The van der Waals surface area contributed by atoms with Crippen LogP contribution in [0.4, 0.5) is 24.0 Å². The van der Waals surface area contributed by atoms with E-state index in [-0.39, 0.29) is 34.7 Å². The van der Waals surface area contributed by atoms with Crippen molar-refractivity contribution in [2.24, 2.45) is 0 Å². The summed E-state index contributed by atoms with van der Waals surface area (Å²) < 4.78 is 72.5. The molecule has 0 saturated carbocycles. The van der Waals surface area contributed by atoms with Gasteiger partial charge in [0.05, 0.1) is 11.5 Å². The number of benzene rings is 2. The van der Waals surface area contributed by atoms with Crippen LogP contribution in [0.5, 0.6) is 11.5 Å². The molecule has 33 heavy (non-hydrogen) atoms. The number of hydrogen-bond donors (Lipinski definition) is 2. The molecule has 0 radical (unpaired) electrons. The Morgan fingerprint density at radius 2 is 1.70 bits per heavy atom. The summed E-state index contributed by atoms with van der Waals surface area (Å²) in [5.41, 5.74) is 0.425. The van der Waals surface area contributed by atoms with Gasteiger partial charge in [0.2, 0.25) is 5.91 Å². The molecule has 0 bridgehead atoms. The van der Waals surface area contributed by atoms with Gasteiger partial charge in [-0.1, -0.05) is 0 Å². The minimum atomic E-state index is -4.76. The number of nitrogens with zero attached hydrogens (tertiary/aromatic N) is 1. The zero-order valence-electron chi connectivity index (χ0n) is 16.8. The lowest BCUT2D eigenvalue weighted by Gasteiger charge is -2.10. The first kappa shape index (κ1) is 24.3. The highest BCUT2D eigenvalue weighted by atomic mass is 32.2. The van der Waals surface area contributed by atoms with Crippen molar-refractivity contribution in [2.45, 2.75) is 24.1 Å². The summed E-state index contributed by atoms with van der Waals surface area (Å²) in [6.07, 6.45) is -2.80. The molecule has 0 atom stereocenters. The predicted octanol–water partition coefficient (Wildman–Crippen LogP) is 4.64. The molecule has 176 valence electrons. The van der Waals surface area contributed by atoms with Crippen LogP contribution in [0.2, 0.25) is 0 Å². The van der Waals surface area contributed by atoms with E-state index >= 15 is 0 Å². The SMILES string of the molecule is O=C(CCCOc1ccc(OC(F)(F)F)cc1)Nc1ccc(S(=O)(=O)Nc2nccs2)cc1. The second kappa shape index (κ2) is 10.5. The first-order valence-corrected chi connectivity index (χ1v) is 11.8. The lowest BCUT2D eigenvalue weighted by molar-refractivity contribution is -0.274. The molecule has 2 aromatic carbocycles. The Balaban J connectivity index is 1.41. The Bertz CT molecular complexity index is 1150. The molecular weight excluding hydrogens is 483 g/mol. The monoisotopic (exact) mass is 501 g/mol. The highest BCUT2D eigenvalue weighted by Crippen LogP contribution is 2.25. The van der Waals surface area contributed by atoms with E-state index in [9.17, 15) is 26.4 Å². The van der Waals surface area contributed by atoms with Crippen LogP contribution in [0, 0.1) is 0 Å². The van der Waals surface area contributed by atoms with Crippen LogP contribution in [-0.2, 0) is 14.8 Å².